The Hall–Kier alpha value is -1.30. The Kier molecular flexibility index (Phi) is 7.25. The highest BCUT2D eigenvalue weighted by molar-refractivity contribution is 5.74. The summed E-state index contributed by atoms with van der Waals surface area (Å²) in [5, 5.41) is 14.7. The largest absolute Gasteiger partial charge is 0.481 e. The first kappa shape index (κ1) is 15.8. The zero-order chi connectivity index (χ0) is 14.1. The zero-order valence-corrected chi connectivity index (χ0v) is 11.7. The molecular formula is C13H25N3O3. The van der Waals surface area contributed by atoms with Crippen LogP contribution in [0.15, 0.2) is 0 Å². The number of urea groups is 1. The highest BCUT2D eigenvalue weighted by Gasteiger charge is 2.24. The Morgan fingerprint density at radius 1 is 1.37 bits per heavy atom. The van der Waals surface area contributed by atoms with Crippen molar-refractivity contribution < 1.29 is 14.7 Å². The minimum atomic E-state index is -0.821. The van der Waals surface area contributed by atoms with Crippen molar-refractivity contribution in [3.05, 3.63) is 0 Å². The summed E-state index contributed by atoms with van der Waals surface area (Å²) in [6.07, 6.45) is 3.49. The van der Waals surface area contributed by atoms with Crippen molar-refractivity contribution >= 4 is 12.0 Å². The van der Waals surface area contributed by atoms with Gasteiger partial charge in [0.15, 0.2) is 0 Å². The van der Waals surface area contributed by atoms with Gasteiger partial charge in [0.2, 0.25) is 0 Å². The van der Waals surface area contributed by atoms with E-state index in [0.717, 1.165) is 38.9 Å². The third kappa shape index (κ3) is 5.92. The maximum absolute atomic E-state index is 12.1. The summed E-state index contributed by atoms with van der Waals surface area (Å²) in [5.41, 5.74) is 0. The molecule has 110 valence electrons. The minimum absolute atomic E-state index is 0.0564. The Bertz CT molecular complexity index is 291. The number of carboxylic acids is 1. The summed E-state index contributed by atoms with van der Waals surface area (Å²) in [5.74, 6) is -0.821. The second kappa shape index (κ2) is 8.74. The van der Waals surface area contributed by atoms with Crippen molar-refractivity contribution in [2.24, 2.45) is 0 Å². The number of hydrogen-bond acceptors (Lipinski definition) is 3. The van der Waals surface area contributed by atoms with Gasteiger partial charge in [-0.1, -0.05) is 6.92 Å². The molecule has 0 radical (unpaired) electrons. The van der Waals surface area contributed by atoms with E-state index in [1.807, 2.05) is 4.90 Å². The van der Waals surface area contributed by atoms with Crippen molar-refractivity contribution in [2.75, 3.05) is 26.2 Å². The average molecular weight is 271 g/mol. The summed E-state index contributed by atoms with van der Waals surface area (Å²) in [7, 11) is 0. The fourth-order valence-corrected chi connectivity index (χ4v) is 2.35. The van der Waals surface area contributed by atoms with Crippen LogP contribution in [0.2, 0.25) is 0 Å². The van der Waals surface area contributed by atoms with E-state index in [1.54, 1.807) is 0 Å². The van der Waals surface area contributed by atoms with Gasteiger partial charge in [-0.15, -0.1) is 0 Å². The van der Waals surface area contributed by atoms with Gasteiger partial charge in [0.25, 0.3) is 0 Å². The van der Waals surface area contributed by atoms with Crippen molar-refractivity contribution in [1.29, 1.82) is 0 Å². The minimum Gasteiger partial charge on any atom is -0.481 e. The van der Waals surface area contributed by atoms with Crippen molar-refractivity contribution in [2.45, 2.75) is 45.1 Å². The van der Waals surface area contributed by atoms with Crippen LogP contribution < -0.4 is 10.6 Å². The first-order valence-corrected chi connectivity index (χ1v) is 7.12. The van der Waals surface area contributed by atoms with Gasteiger partial charge in [-0.2, -0.15) is 0 Å². The molecule has 0 bridgehead atoms. The SMILES string of the molecule is CCCN(C(=O)NCCCC(=O)O)C1CCNCC1. The Morgan fingerprint density at radius 3 is 2.63 bits per heavy atom. The fourth-order valence-electron chi connectivity index (χ4n) is 2.35. The van der Waals surface area contributed by atoms with Crippen molar-refractivity contribution in [3.8, 4) is 0 Å². The number of amides is 2. The van der Waals surface area contributed by atoms with E-state index in [1.165, 1.54) is 0 Å². The lowest BCUT2D eigenvalue weighted by Gasteiger charge is -2.34. The van der Waals surface area contributed by atoms with Crippen LogP contribution in [0.1, 0.15) is 39.0 Å². The van der Waals surface area contributed by atoms with Crippen LogP contribution in [0.25, 0.3) is 0 Å². The molecule has 1 aliphatic heterocycles. The summed E-state index contributed by atoms with van der Waals surface area (Å²) in [6, 6.07) is 0.250. The van der Waals surface area contributed by atoms with Crippen LogP contribution in [-0.2, 0) is 4.79 Å². The molecule has 0 spiro atoms. The van der Waals surface area contributed by atoms with Gasteiger partial charge < -0.3 is 20.6 Å². The third-order valence-electron chi connectivity index (χ3n) is 3.32. The maximum atomic E-state index is 12.1. The van der Waals surface area contributed by atoms with Gasteiger partial charge in [0.05, 0.1) is 0 Å². The Morgan fingerprint density at radius 2 is 2.05 bits per heavy atom. The second-order valence-electron chi connectivity index (χ2n) is 4.90. The molecule has 1 saturated heterocycles. The fraction of sp³-hybridized carbons (Fsp3) is 0.846. The highest BCUT2D eigenvalue weighted by Crippen LogP contribution is 2.12. The van der Waals surface area contributed by atoms with Crippen LogP contribution in [-0.4, -0.2) is 54.2 Å². The van der Waals surface area contributed by atoms with Gasteiger partial charge in [-0.25, -0.2) is 4.79 Å². The van der Waals surface area contributed by atoms with Gasteiger partial charge in [0.1, 0.15) is 0 Å². The first-order chi connectivity index (χ1) is 9.15. The number of nitrogens with zero attached hydrogens (tertiary/aromatic N) is 1. The molecule has 1 heterocycles. The van der Waals surface area contributed by atoms with Crippen LogP contribution in [0, 0.1) is 0 Å². The van der Waals surface area contributed by atoms with E-state index >= 15 is 0 Å². The number of nitrogens with one attached hydrogen (secondary N) is 2. The molecule has 19 heavy (non-hydrogen) atoms. The van der Waals surface area contributed by atoms with Gasteiger partial charge in [0, 0.05) is 25.6 Å². The monoisotopic (exact) mass is 271 g/mol. The number of piperidine rings is 1. The molecule has 3 N–H and O–H groups in total. The van der Waals surface area contributed by atoms with Crippen LogP contribution in [0.4, 0.5) is 4.79 Å². The van der Waals surface area contributed by atoms with Gasteiger partial charge in [-0.05, 0) is 38.8 Å². The molecule has 6 heteroatoms. The molecule has 0 unspecified atom stereocenters. The van der Waals surface area contributed by atoms with E-state index in [4.69, 9.17) is 5.11 Å². The number of carbonyl (C=O) groups excluding carboxylic acids is 1. The predicted molar refractivity (Wildman–Crippen MR) is 73.2 cm³/mol. The van der Waals surface area contributed by atoms with Crippen molar-refractivity contribution in [1.82, 2.24) is 15.5 Å². The molecule has 0 aliphatic carbocycles. The normalized spacial score (nSPS) is 16.1. The van der Waals surface area contributed by atoms with Crippen LogP contribution in [0.5, 0.6) is 0 Å². The molecule has 1 fully saturated rings. The number of hydrogen-bond donors (Lipinski definition) is 3. The molecular weight excluding hydrogens is 246 g/mol. The summed E-state index contributed by atoms with van der Waals surface area (Å²) < 4.78 is 0. The molecule has 0 saturated carbocycles. The molecule has 0 atom stereocenters. The molecule has 1 aliphatic rings. The zero-order valence-electron chi connectivity index (χ0n) is 11.7. The van der Waals surface area contributed by atoms with Crippen molar-refractivity contribution in [3.63, 3.8) is 0 Å². The average Bonchev–Trinajstić information content (AvgIpc) is 2.41. The summed E-state index contributed by atoms with van der Waals surface area (Å²) in [6.45, 7) is 5.16. The van der Waals surface area contributed by atoms with Gasteiger partial charge >= 0.3 is 12.0 Å². The predicted octanol–water partition coefficient (Wildman–Crippen LogP) is 1.02. The number of carbonyl (C=O) groups is 2. The Balaban J connectivity index is 2.36. The molecule has 0 aromatic rings. The smallest absolute Gasteiger partial charge is 0.317 e. The third-order valence-corrected chi connectivity index (χ3v) is 3.32. The molecule has 1 rings (SSSR count). The number of aliphatic carboxylic acids is 1. The van der Waals surface area contributed by atoms with E-state index in [9.17, 15) is 9.59 Å². The maximum Gasteiger partial charge on any atom is 0.317 e. The lowest BCUT2D eigenvalue weighted by atomic mass is 10.0. The molecule has 6 nitrogen and oxygen atoms in total. The molecule has 0 aromatic carbocycles. The quantitative estimate of drug-likeness (QED) is 0.604. The van der Waals surface area contributed by atoms with E-state index in [2.05, 4.69) is 17.6 Å². The second-order valence-corrected chi connectivity index (χ2v) is 4.90. The number of rotatable bonds is 7. The van der Waals surface area contributed by atoms with E-state index < -0.39 is 5.97 Å². The Labute approximate surface area is 114 Å². The first-order valence-electron chi connectivity index (χ1n) is 7.12. The van der Waals surface area contributed by atoms with Crippen LogP contribution in [0.3, 0.4) is 0 Å². The lowest BCUT2D eigenvalue weighted by Crippen LogP contribution is -2.50. The highest BCUT2D eigenvalue weighted by atomic mass is 16.4. The number of carboxylic acid groups (broad SMARTS) is 1. The molecule has 0 aromatic heterocycles. The summed E-state index contributed by atoms with van der Waals surface area (Å²) in [4.78, 5) is 24.4. The summed E-state index contributed by atoms with van der Waals surface area (Å²) >= 11 is 0. The van der Waals surface area contributed by atoms with E-state index in [-0.39, 0.29) is 12.5 Å². The lowest BCUT2D eigenvalue weighted by molar-refractivity contribution is -0.137. The topological polar surface area (TPSA) is 81.7 Å². The van der Waals surface area contributed by atoms with Crippen LogP contribution >= 0.6 is 0 Å². The van der Waals surface area contributed by atoms with E-state index in [0.29, 0.717) is 19.0 Å². The molecule has 2 amide bonds. The standard InChI is InChI=1S/C13H25N3O3/c1-2-10-16(11-5-8-14-9-6-11)13(19)15-7-3-4-12(17)18/h11,14H,2-10H2,1H3,(H,15,19)(H,17,18). The van der Waals surface area contributed by atoms with Gasteiger partial charge in [-0.3, -0.25) is 4.79 Å².